The highest BCUT2D eigenvalue weighted by Gasteiger charge is 2.30. The van der Waals surface area contributed by atoms with Crippen molar-refractivity contribution >= 4 is 17.4 Å². The molecule has 3 aromatic rings. The molecule has 0 atom stereocenters. The van der Waals surface area contributed by atoms with Gasteiger partial charge in [0.25, 0.3) is 0 Å². The number of likely N-dealkylation sites (tertiary alicyclic amines) is 1. The van der Waals surface area contributed by atoms with Crippen LogP contribution in [0.15, 0.2) is 42.9 Å². The number of aryl methyl sites for hydroxylation is 1. The highest BCUT2D eigenvalue weighted by Crippen LogP contribution is 2.29. The highest BCUT2D eigenvalue weighted by atomic mass is 19.4. The van der Waals surface area contributed by atoms with Crippen molar-refractivity contribution in [3.63, 3.8) is 0 Å². The molecule has 0 unspecified atom stereocenters. The zero-order valence-corrected chi connectivity index (χ0v) is 18.2. The molecule has 32 heavy (non-hydrogen) atoms. The second-order valence-corrected chi connectivity index (χ2v) is 7.61. The van der Waals surface area contributed by atoms with E-state index in [-0.39, 0.29) is 5.91 Å². The van der Waals surface area contributed by atoms with E-state index in [1.807, 2.05) is 16.6 Å². The van der Waals surface area contributed by atoms with Crippen molar-refractivity contribution in [1.82, 2.24) is 24.5 Å². The number of alkyl halides is 3. The molecule has 1 saturated heterocycles. The molecule has 10 heteroatoms. The van der Waals surface area contributed by atoms with Crippen molar-refractivity contribution in [1.29, 1.82) is 0 Å². The van der Waals surface area contributed by atoms with Crippen LogP contribution in [0.25, 0.3) is 5.65 Å². The molecule has 0 saturated carbocycles. The number of fused-ring (bicyclic) bond motifs is 1. The molecule has 0 spiro atoms. The fourth-order valence-corrected chi connectivity index (χ4v) is 3.45. The van der Waals surface area contributed by atoms with Gasteiger partial charge in [-0.2, -0.15) is 18.3 Å². The van der Waals surface area contributed by atoms with Gasteiger partial charge in [-0.1, -0.05) is 19.4 Å². The van der Waals surface area contributed by atoms with Crippen molar-refractivity contribution in [2.75, 3.05) is 31.6 Å². The third-order valence-electron chi connectivity index (χ3n) is 5.23. The number of aromatic nitrogens is 4. The van der Waals surface area contributed by atoms with Crippen molar-refractivity contribution < 1.29 is 18.0 Å². The van der Waals surface area contributed by atoms with Gasteiger partial charge in [0.1, 0.15) is 12.1 Å². The summed E-state index contributed by atoms with van der Waals surface area (Å²) in [5.74, 6) is 0.600. The molecular weight excluding hydrogens is 421 g/mol. The molecule has 1 fully saturated rings. The lowest BCUT2D eigenvalue weighted by Gasteiger charge is -2.22. The van der Waals surface area contributed by atoms with Crippen LogP contribution >= 0.6 is 0 Å². The van der Waals surface area contributed by atoms with Crippen LogP contribution in [0.4, 0.5) is 19.0 Å². The molecule has 0 aromatic carbocycles. The highest BCUT2D eigenvalue weighted by molar-refractivity contribution is 5.78. The van der Waals surface area contributed by atoms with Gasteiger partial charge in [-0.05, 0) is 37.1 Å². The molecule has 4 rings (SSSR count). The topological polar surface area (TPSA) is 66.6 Å². The van der Waals surface area contributed by atoms with E-state index in [9.17, 15) is 18.0 Å². The number of carbonyl (C=O) groups excluding carboxylic acids is 1. The SMILES string of the molecule is CCCc1cccc2ncnn12.CN(CCN1CCCC1=O)c1ccc(C(F)(F)F)cn1. The summed E-state index contributed by atoms with van der Waals surface area (Å²) in [5.41, 5.74) is 1.40. The summed E-state index contributed by atoms with van der Waals surface area (Å²) in [4.78, 5) is 22.9. The van der Waals surface area contributed by atoms with E-state index < -0.39 is 11.7 Å². The number of anilines is 1. The number of hydrogen-bond donors (Lipinski definition) is 0. The number of carbonyl (C=O) groups is 1. The van der Waals surface area contributed by atoms with Gasteiger partial charge in [-0.15, -0.1) is 0 Å². The van der Waals surface area contributed by atoms with Crippen LogP contribution < -0.4 is 4.90 Å². The van der Waals surface area contributed by atoms with Gasteiger partial charge in [0.2, 0.25) is 5.91 Å². The van der Waals surface area contributed by atoms with Gasteiger partial charge in [0.05, 0.1) is 5.56 Å². The molecule has 172 valence electrons. The maximum atomic E-state index is 12.4. The van der Waals surface area contributed by atoms with Crippen LogP contribution in [0.3, 0.4) is 0 Å². The van der Waals surface area contributed by atoms with E-state index in [0.717, 1.165) is 43.7 Å². The summed E-state index contributed by atoms with van der Waals surface area (Å²) in [6.45, 7) is 4.03. The molecule has 1 aliphatic rings. The average molecular weight is 448 g/mol. The minimum absolute atomic E-state index is 0.138. The lowest BCUT2D eigenvalue weighted by Crippen LogP contribution is -2.34. The summed E-state index contributed by atoms with van der Waals surface area (Å²) >= 11 is 0. The average Bonchev–Trinajstić information content (AvgIpc) is 3.41. The zero-order chi connectivity index (χ0) is 23.1. The van der Waals surface area contributed by atoms with E-state index in [4.69, 9.17) is 0 Å². The van der Waals surface area contributed by atoms with Crippen LogP contribution in [0, 0.1) is 0 Å². The normalized spacial score (nSPS) is 13.9. The predicted molar refractivity (Wildman–Crippen MR) is 115 cm³/mol. The smallest absolute Gasteiger partial charge is 0.358 e. The van der Waals surface area contributed by atoms with Crippen LogP contribution in [-0.4, -0.2) is 57.1 Å². The number of rotatable bonds is 6. The van der Waals surface area contributed by atoms with Gasteiger partial charge < -0.3 is 9.80 Å². The van der Waals surface area contributed by atoms with E-state index in [2.05, 4.69) is 28.1 Å². The van der Waals surface area contributed by atoms with Crippen LogP contribution in [0.5, 0.6) is 0 Å². The first-order valence-electron chi connectivity index (χ1n) is 10.6. The lowest BCUT2D eigenvalue weighted by atomic mass is 10.2. The second-order valence-electron chi connectivity index (χ2n) is 7.61. The summed E-state index contributed by atoms with van der Waals surface area (Å²) in [6, 6.07) is 8.43. The molecular formula is C22H27F3N6O. The third-order valence-corrected chi connectivity index (χ3v) is 5.23. The van der Waals surface area contributed by atoms with E-state index in [1.165, 1.54) is 11.8 Å². The molecule has 0 radical (unpaired) electrons. The first-order valence-corrected chi connectivity index (χ1v) is 10.6. The molecule has 7 nitrogen and oxygen atoms in total. The Hall–Kier alpha value is -3.17. The molecule has 0 bridgehead atoms. The van der Waals surface area contributed by atoms with Crippen molar-refractivity contribution in [3.05, 3.63) is 54.1 Å². The lowest BCUT2D eigenvalue weighted by molar-refractivity contribution is -0.137. The zero-order valence-electron chi connectivity index (χ0n) is 18.2. The van der Waals surface area contributed by atoms with E-state index >= 15 is 0 Å². The summed E-state index contributed by atoms with van der Waals surface area (Å²) in [5, 5.41) is 4.14. The number of likely N-dealkylation sites (N-methyl/N-ethyl adjacent to an activating group) is 1. The van der Waals surface area contributed by atoms with Gasteiger partial charge >= 0.3 is 6.18 Å². The molecule has 0 N–H and O–H groups in total. The Morgan fingerprint density at radius 3 is 2.59 bits per heavy atom. The number of halogens is 3. The molecule has 0 aliphatic carbocycles. The van der Waals surface area contributed by atoms with Crippen molar-refractivity contribution in [2.24, 2.45) is 0 Å². The van der Waals surface area contributed by atoms with Crippen molar-refractivity contribution in [2.45, 2.75) is 38.8 Å². The van der Waals surface area contributed by atoms with Crippen molar-refractivity contribution in [3.8, 4) is 0 Å². The second kappa shape index (κ2) is 10.4. The minimum atomic E-state index is -4.37. The fourth-order valence-electron chi connectivity index (χ4n) is 3.45. The molecule has 1 amide bonds. The maximum absolute atomic E-state index is 12.4. The standard InChI is InChI=1S/C13H16F3N3O.C9H11N3/c1-18(7-8-19-6-2-3-12(19)20)11-5-4-10(9-17-11)13(14,15)16;1-2-4-8-5-3-6-9-10-7-11-12(8)9/h4-5,9H,2-3,6-8H2,1H3;3,5-7H,2,4H2,1H3. The van der Waals surface area contributed by atoms with Gasteiger partial charge in [0, 0.05) is 45.0 Å². The Kier molecular flexibility index (Phi) is 7.66. The Labute approximate surface area is 184 Å². The quantitative estimate of drug-likeness (QED) is 0.573. The predicted octanol–water partition coefficient (Wildman–Crippen LogP) is 3.84. The first-order chi connectivity index (χ1) is 15.3. The Balaban J connectivity index is 0.000000204. The molecule has 1 aliphatic heterocycles. The van der Waals surface area contributed by atoms with E-state index in [0.29, 0.717) is 25.3 Å². The van der Waals surface area contributed by atoms with Gasteiger partial charge in [-0.3, -0.25) is 4.79 Å². The van der Waals surface area contributed by atoms with Gasteiger partial charge in [-0.25, -0.2) is 14.5 Å². The Bertz CT molecular complexity index is 1020. The minimum Gasteiger partial charge on any atom is -0.358 e. The summed E-state index contributed by atoms with van der Waals surface area (Å²) in [6.07, 6.45) is 1.70. The van der Waals surface area contributed by atoms with Crippen LogP contribution in [0.1, 0.15) is 37.4 Å². The first kappa shape index (κ1) is 23.5. The summed E-state index contributed by atoms with van der Waals surface area (Å²) in [7, 11) is 1.75. The molecule has 3 aromatic heterocycles. The number of amides is 1. The maximum Gasteiger partial charge on any atom is 0.417 e. The summed E-state index contributed by atoms with van der Waals surface area (Å²) < 4.78 is 39.1. The number of hydrogen-bond acceptors (Lipinski definition) is 5. The monoisotopic (exact) mass is 448 g/mol. The number of pyridine rings is 2. The number of nitrogens with zero attached hydrogens (tertiary/aromatic N) is 6. The fraction of sp³-hybridized carbons (Fsp3) is 0.455. The third kappa shape index (κ3) is 5.95. The Morgan fingerprint density at radius 1 is 1.16 bits per heavy atom. The Morgan fingerprint density at radius 2 is 1.97 bits per heavy atom. The van der Waals surface area contributed by atoms with Gasteiger partial charge in [0.15, 0.2) is 5.65 Å². The van der Waals surface area contributed by atoms with Crippen LogP contribution in [0.2, 0.25) is 0 Å². The van der Waals surface area contributed by atoms with Crippen LogP contribution in [-0.2, 0) is 17.4 Å². The molecule has 4 heterocycles. The van der Waals surface area contributed by atoms with E-state index in [1.54, 1.807) is 23.2 Å². The largest absolute Gasteiger partial charge is 0.417 e.